The quantitative estimate of drug-likeness (QED) is 0.790. The number of alkyl halides is 1. The number of carbonyl (C=O) groups is 1. The van der Waals surface area contributed by atoms with E-state index in [0.29, 0.717) is 5.88 Å². The molecule has 0 unspecified atom stereocenters. The largest absolute Gasteiger partial charge is 0.331 e. The summed E-state index contributed by atoms with van der Waals surface area (Å²) < 4.78 is 0. The number of benzene rings is 1. The summed E-state index contributed by atoms with van der Waals surface area (Å²) >= 11 is 5.63. The smallest absolute Gasteiger partial charge is 0.321 e. The van der Waals surface area contributed by atoms with Crippen LogP contribution in [0, 0.1) is 0 Å². The second-order valence-electron chi connectivity index (χ2n) is 3.46. The number of carbonyl (C=O) groups excluding carboxylic acids is 1. The molecule has 1 N–H and O–H groups in total. The van der Waals surface area contributed by atoms with Gasteiger partial charge in [0, 0.05) is 25.7 Å². The average molecular weight is 227 g/mol. The molecule has 0 saturated carbocycles. The van der Waals surface area contributed by atoms with Crippen molar-refractivity contribution in [3.63, 3.8) is 0 Å². The third-order valence-corrected chi connectivity index (χ3v) is 2.18. The number of nitrogens with zero attached hydrogens (tertiary/aromatic N) is 1. The predicted molar refractivity (Wildman–Crippen MR) is 63.6 cm³/mol. The normalized spacial score (nSPS) is 9.80. The van der Waals surface area contributed by atoms with Crippen LogP contribution in [0.2, 0.25) is 0 Å². The van der Waals surface area contributed by atoms with Gasteiger partial charge in [0.05, 0.1) is 0 Å². The highest BCUT2D eigenvalue weighted by molar-refractivity contribution is 6.17. The summed E-state index contributed by atoms with van der Waals surface area (Å²) in [5.41, 5.74) is 1.97. The van der Waals surface area contributed by atoms with Gasteiger partial charge in [-0.05, 0) is 24.1 Å². The van der Waals surface area contributed by atoms with Gasteiger partial charge in [0.1, 0.15) is 0 Å². The van der Waals surface area contributed by atoms with Crippen molar-refractivity contribution in [1.29, 1.82) is 0 Å². The second-order valence-corrected chi connectivity index (χ2v) is 3.84. The minimum absolute atomic E-state index is 0.125. The fourth-order valence-corrected chi connectivity index (χ4v) is 1.32. The first-order valence-electron chi connectivity index (χ1n) is 4.76. The van der Waals surface area contributed by atoms with E-state index in [4.69, 9.17) is 11.6 Å². The number of rotatable bonds is 3. The van der Waals surface area contributed by atoms with Crippen LogP contribution in [0.4, 0.5) is 10.5 Å². The number of halogens is 1. The summed E-state index contributed by atoms with van der Waals surface area (Å²) in [5, 5.41) is 2.76. The molecule has 1 aromatic rings. The second kappa shape index (κ2) is 5.61. The van der Waals surface area contributed by atoms with Crippen molar-refractivity contribution in [3.8, 4) is 0 Å². The molecule has 4 heteroatoms. The zero-order valence-corrected chi connectivity index (χ0v) is 9.71. The molecule has 0 aliphatic heterocycles. The first-order valence-corrected chi connectivity index (χ1v) is 5.30. The highest BCUT2D eigenvalue weighted by Gasteiger charge is 2.02. The third-order valence-electron chi connectivity index (χ3n) is 1.99. The van der Waals surface area contributed by atoms with Gasteiger partial charge < -0.3 is 10.2 Å². The van der Waals surface area contributed by atoms with E-state index in [1.165, 1.54) is 10.5 Å². The van der Waals surface area contributed by atoms with Gasteiger partial charge >= 0.3 is 6.03 Å². The van der Waals surface area contributed by atoms with Crippen LogP contribution in [0.25, 0.3) is 0 Å². The molecule has 0 saturated heterocycles. The molecule has 0 radical (unpaired) electrons. The van der Waals surface area contributed by atoms with Gasteiger partial charge in [-0.3, -0.25) is 0 Å². The SMILES string of the molecule is CN(C)C(=O)Nc1ccc(CCCl)cc1. The van der Waals surface area contributed by atoms with E-state index in [1.807, 2.05) is 24.3 Å². The molecule has 0 aliphatic carbocycles. The fraction of sp³-hybridized carbons (Fsp3) is 0.364. The Morgan fingerprint density at radius 2 is 1.93 bits per heavy atom. The predicted octanol–water partition coefficient (Wildman–Crippen LogP) is 2.56. The first kappa shape index (κ1) is 11.9. The first-order chi connectivity index (χ1) is 7.13. The maximum absolute atomic E-state index is 11.3. The lowest BCUT2D eigenvalue weighted by Crippen LogP contribution is -2.27. The molecule has 0 aromatic heterocycles. The van der Waals surface area contributed by atoms with Crippen LogP contribution in [0.3, 0.4) is 0 Å². The summed E-state index contributed by atoms with van der Waals surface area (Å²) in [6.07, 6.45) is 0.851. The number of urea groups is 1. The van der Waals surface area contributed by atoms with Crippen LogP contribution < -0.4 is 5.32 Å². The van der Waals surface area contributed by atoms with E-state index in [2.05, 4.69) is 5.32 Å². The highest BCUT2D eigenvalue weighted by atomic mass is 35.5. The molecule has 2 amide bonds. The van der Waals surface area contributed by atoms with Gasteiger partial charge in [-0.2, -0.15) is 0 Å². The van der Waals surface area contributed by atoms with Crippen molar-refractivity contribution in [1.82, 2.24) is 4.90 Å². The lowest BCUT2D eigenvalue weighted by atomic mass is 10.1. The van der Waals surface area contributed by atoms with Crippen molar-refractivity contribution < 1.29 is 4.79 Å². The standard InChI is InChI=1S/C11H15ClN2O/c1-14(2)11(15)13-10-5-3-9(4-6-10)7-8-12/h3-6H,7-8H2,1-2H3,(H,13,15). The highest BCUT2D eigenvalue weighted by Crippen LogP contribution is 2.10. The Hall–Kier alpha value is -1.22. The molecule has 15 heavy (non-hydrogen) atoms. The van der Waals surface area contributed by atoms with Crippen molar-refractivity contribution in [2.24, 2.45) is 0 Å². The molecule has 0 fully saturated rings. The van der Waals surface area contributed by atoms with Crippen LogP contribution >= 0.6 is 11.6 Å². The Kier molecular flexibility index (Phi) is 4.43. The number of hydrogen-bond donors (Lipinski definition) is 1. The van der Waals surface area contributed by atoms with Gasteiger partial charge in [0.2, 0.25) is 0 Å². The monoisotopic (exact) mass is 226 g/mol. The fourth-order valence-electron chi connectivity index (χ4n) is 1.10. The van der Waals surface area contributed by atoms with E-state index in [0.717, 1.165) is 12.1 Å². The zero-order chi connectivity index (χ0) is 11.3. The van der Waals surface area contributed by atoms with E-state index >= 15 is 0 Å². The minimum Gasteiger partial charge on any atom is -0.331 e. The summed E-state index contributed by atoms with van der Waals surface area (Å²) in [6, 6.07) is 7.56. The van der Waals surface area contributed by atoms with Crippen LogP contribution in [0.1, 0.15) is 5.56 Å². The number of aryl methyl sites for hydroxylation is 1. The van der Waals surface area contributed by atoms with E-state index in [9.17, 15) is 4.79 Å². The van der Waals surface area contributed by atoms with Gasteiger partial charge in [0.25, 0.3) is 0 Å². The van der Waals surface area contributed by atoms with Crippen LogP contribution in [-0.4, -0.2) is 30.9 Å². The maximum Gasteiger partial charge on any atom is 0.321 e. The molecule has 0 atom stereocenters. The molecule has 0 heterocycles. The summed E-state index contributed by atoms with van der Waals surface area (Å²) in [6.45, 7) is 0. The van der Waals surface area contributed by atoms with Gasteiger partial charge in [-0.15, -0.1) is 11.6 Å². The maximum atomic E-state index is 11.3. The van der Waals surface area contributed by atoms with Crippen LogP contribution in [-0.2, 0) is 6.42 Å². The van der Waals surface area contributed by atoms with Crippen molar-refractivity contribution in [2.75, 3.05) is 25.3 Å². The van der Waals surface area contributed by atoms with Crippen LogP contribution in [0.15, 0.2) is 24.3 Å². The van der Waals surface area contributed by atoms with Gasteiger partial charge in [-0.1, -0.05) is 12.1 Å². The molecular weight excluding hydrogens is 212 g/mol. The van der Waals surface area contributed by atoms with E-state index in [1.54, 1.807) is 14.1 Å². The Morgan fingerprint density at radius 1 is 1.33 bits per heavy atom. The third kappa shape index (κ3) is 3.80. The molecule has 0 bridgehead atoms. The molecule has 3 nitrogen and oxygen atoms in total. The lowest BCUT2D eigenvalue weighted by molar-refractivity contribution is 0.230. The Morgan fingerprint density at radius 3 is 2.40 bits per heavy atom. The van der Waals surface area contributed by atoms with Crippen molar-refractivity contribution in [2.45, 2.75) is 6.42 Å². The number of amides is 2. The zero-order valence-electron chi connectivity index (χ0n) is 8.96. The average Bonchev–Trinajstić information content (AvgIpc) is 2.21. The van der Waals surface area contributed by atoms with Gasteiger partial charge in [0.15, 0.2) is 0 Å². The van der Waals surface area contributed by atoms with Gasteiger partial charge in [-0.25, -0.2) is 4.79 Å². The van der Waals surface area contributed by atoms with Crippen molar-refractivity contribution in [3.05, 3.63) is 29.8 Å². The molecule has 0 spiro atoms. The topological polar surface area (TPSA) is 32.3 Å². The number of anilines is 1. The molecule has 1 rings (SSSR count). The number of hydrogen-bond acceptors (Lipinski definition) is 1. The molecule has 1 aromatic carbocycles. The summed E-state index contributed by atoms with van der Waals surface area (Å²) in [4.78, 5) is 12.8. The van der Waals surface area contributed by atoms with Crippen LogP contribution in [0.5, 0.6) is 0 Å². The van der Waals surface area contributed by atoms with E-state index < -0.39 is 0 Å². The summed E-state index contributed by atoms with van der Waals surface area (Å²) in [7, 11) is 3.41. The lowest BCUT2D eigenvalue weighted by Gasteiger charge is -2.12. The minimum atomic E-state index is -0.125. The van der Waals surface area contributed by atoms with Crippen molar-refractivity contribution >= 4 is 23.3 Å². The Balaban J connectivity index is 2.60. The van der Waals surface area contributed by atoms with E-state index in [-0.39, 0.29) is 6.03 Å². The molecule has 82 valence electrons. The summed E-state index contributed by atoms with van der Waals surface area (Å²) in [5.74, 6) is 0.614. The molecular formula is C11H15ClN2O. The Labute approximate surface area is 95.0 Å². The number of nitrogens with one attached hydrogen (secondary N) is 1. The molecule has 0 aliphatic rings. The Bertz CT molecular complexity index is 322.